The van der Waals surface area contributed by atoms with Gasteiger partial charge in [0.1, 0.15) is 11.5 Å². The van der Waals surface area contributed by atoms with Crippen molar-refractivity contribution in [2.75, 3.05) is 14.2 Å². The smallest absolute Gasteiger partial charge is 0.275 e. The van der Waals surface area contributed by atoms with Crippen LogP contribution in [0.5, 0.6) is 11.5 Å². The number of benzene rings is 4. The average Bonchev–Trinajstić information content (AvgIpc) is 3.25. The standard InChI is InChI=1S/C29H25N3O3/c1-34-23-14-15-26(28(16-23)35-2)29(33)31-30-17-22-19-32(27-13-6-5-12-25(22)27)18-21-10-7-9-20-8-3-4-11-24(20)21/h3-17,19H,18H2,1-2H3,(H,31,33). The van der Waals surface area contributed by atoms with Crippen LogP contribution in [0.2, 0.25) is 0 Å². The molecule has 1 heterocycles. The molecule has 0 radical (unpaired) electrons. The lowest BCUT2D eigenvalue weighted by molar-refractivity contribution is 0.0952. The first-order chi connectivity index (χ1) is 17.2. The number of aromatic nitrogens is 1. The predicted molar refractivity (Wildman–Crippen MR) is 140 cm³/mol. The second kappa shape index (κ2) is 9.73. The highest BCUT2D eigenvalue weighted by molar-refractivity contribution is 6.01. The van der Waals surface area contributed by atoms with E-state index in [1.165, 1.54) is 23.4 Å². The summed E-state index contributed by atoms with van der Waals surface area (Å²) < 4.78 is 12.7. The molecular formula is C29H25N3O3. The largest absolute Gasteiger partial charge is 0.497 e. The van der Waals surface area contributed by atoms with Crippen molar-refractivity contribution in [1.82, 2.24) is 9.99 Å². The van der Waals surface area contributed by atoms with Crippen molar-refractivity contribution >= 4 is 33.8 Å². The van der Waals surface area contributed by atoms with E-state index in [1.54, 1.807) is 31.5 Å². The zero-order valence-corrected chi connectivity index (χ0v) is 19.6. The van der Waals surface area contributed by atoms with Gasteiger partial charge in [-0.2, -0.15) is 5.10 Å². The number of carbonyl (C=O) groups excluding carboxylic acids is 1. The lowest BCUT2D eigenvalue weighted by atomic mass is 10.0. The van der Waals surface area contributed by atoms with Gasteiger partial charge in [-0.25, -0.2) is 5.43 Å². The van der Waals surface area contributed by atoms with Gasteiger partial charge < -0.3 is 14.0 Å². The van der Waals surface area contributed by atoms with Crippen LogP contribution < -0.4 is 14.9 Å². The number of amides is 1. The fraction of sp³-hybridized carbons (Fsp3) is 0.103. The molecule has 5 rings (SSSR count). The van der Waals surface area contributed by atoms with Crippen molar-refractivity contribution in [3.63, 3.8) is 0 Å². The van der Waals surface area contributed by atoms with E-state index in [0.29, 0.717) is 17.1 Å². The van der Waals surface area contributed by atoms with E-state index in [9.17, 15) is 4.79 Å². The predicted octanol–water partition coefficient (Wildman–Crippen LogP) is 5.62. The van der Waals surface area contributed by atoms with E-state index in [1.807, 2.05) is 12.1 Å². The highest BCUT2D eigenvalue weighted by atomic mass is 16.5. The Morgan fingerprint density at radius 3 is 2.51 bits per heavy atom. The molecule has 4 aromatic carbocycles. The lowest BCUT2D eigenvalue weighted by Crippen LogP contribution is -2.18. The topological polar surface area (TPSA) is 64.8 Å². The first kappa shape index (κ1) is 22.2. The van der Waals surface area contributed by atoms with E-state index in [2.05, 4.69) is 75.9 Å². The molecule has 0 unspecified atom stereocenters. The number of para-hydroxylation sites is 1. The number of rotatable bonds is 7. The Kier molecular flexibility index (Phi) is 6.18. The van der Waals surface area contributed by atoms with Crippen LogP contribution in [-0.2, 0) is 6.54 Å². The maximum Gasteiger partial charge on any atom is 0.275 e. The summed E-state index contributed by atoms with van der Waals surface area (Å²) in [6.45, 7) is 0.727. The van der Waals surface area contributed by atoms with E-state index in [-0.39, 0.29) is 5.91 Å². The van der Waals surface area contributed by atoms with Gasteiger partial charge in [0, 0.05) is 35.3 Å². The molecule has 0 fully saturated rings. The third kappa shape index (κ3) is 4.46. The first-order valence-electron chi connectivity index (χ1n) is 11.3. The molecular weight excluding hydrogens is 438 g/mol. The molecule has 35 heavy (non-hydrogen) atoms. The van der Waals surface area contributed by atoms with Gasteiger partial charge in [0.25, 0.3) is 5.91 Å². The van der Waals surface area contributed by atoms with Gasteiger partial charge in [-0.1, -0.05) is 60.7 Å². The second-order valence-electron chi connectivity index (χ2n) is 8.13. The molecule has 6 nitrogen and oxygen atoms in total. The molecule has 1 aromatic heterocycles. The normalized spacial score (nSPS) is 11.3. The lowest BCUT2D eigenvalue weighted by Gasteiger charge is -2.09. The number of methoxy groups -OCH3 is 2. The van der Waals surface area contributed by atoms with Crippen molar-refractivity contribution in [3.8, 4) is 11.5 Å². The molecule has 0 saturated carbocycles. The van der Waals surface area contributed by atoms with Gasteiger partial charge in [0.2, 0.25) is 0 Å². The minimum atomic E-state index is -0.361. The van der Waals surface area contributed by atoms with Crippen LogP contribution in [0.15, 0.2) is 96.2 Å². The molecule has 0 aliphatic carbocycles. The molecule has 6 heteroatoms. The fourth-order valence-corrected chi connectivity index (χ4v) is 4.33. The first-order valence-corrected chi connectivity index (χ1v) is 11.3. The van der Waals surface area contributed by atoms with Gasteiger partial charge in [0.15, 0.2) is 0 Å². The zero-order valence-electron chi connectivity index (χ0n) is 19.6. The Hall–Kier alpha value is -4.58. The SMILES string of the molecule is COc1ccc(C(=O)NN=Cc2cn(Cc3cccc4ccccc34)c3ccccc23)c(OC)c1. The highest BCUT2D eigenvalue weighted by Crippen LogP contribution is 2.26. The summed E-state index contributed by atoms with van der Waals surface area (Å²) in [7, 11) is 3.08. The molecule has 1 N–H and O–H groups in total. The quantitative estimate of drug-likeness (QED) is 0.252. The minimum Gasteiger partial charge on any atom is -0.497 e. The maximum absolute atomic E-state index is 12.7. The van der Waals surface area contributed by atoms with Gasteiger partial charge in [-0.05, 0) is 34.5 Å². The molecule has 0 aliphatic heterocycles. The summed E-state index contributed by atoms with van der Waals surface area (Å²) in [6, 6.07) is 28.0. The summed E-state index contributed by atoms with van der Waals surface area (Å²) >= 11 is 0. The average molecular weight is 464 g/mol. The number of carbonyl (C=O) groups is 1. The van der Waals surface area contributed by atoms with Crippen molar-refractivity contribution < 1.29 is 14.3 Å². The van der Waals surface area contributed by atoms with Crippen LogP contribution in [0.1, 0.15) is 21.5 Å². The van der Waals surface area contributed by atoms with Crippen molar-refractivity contribution in [3.05, 3.63) is 108 Å². The third-order valence-corrected chi connectivity index (χ3v) is 6.06. The van der Waals surface area contributed by atoms with Gasteiger partial charge in [-0.15, -0.1) is 0 Å². The van der Waals surface area contributed by atoms with Crippen LogP contribution in [0.3, 0.4) is 0 Å². The van der Waals surface area contributed by atoms with Gasteiger partial charge in [0.05, 0.1) is 26.0 Å². The van der Waals surface area contributed by atoms with E-state index in [4.69, 9.17) is 9.47 Å². The summed E-state index contributed by atoms with van der Waals surface area (Å²) in [5.41, 5.74) is 6.25. The van der Waals surface area contributed by atoms with Crippen molar-refractivity contribution in [2.24, 2.45) is 5.10 Å². The maximum atomic E-state index is 12.7. The highest BCUT2D eigenvalue weighted by Gasteiger charge is 2.13. The second-order valence-corrected chi connectivity index (χ2v) is 8.13. The van der Waals surface area contributed by atoms with Crippen LogP contribution in [0.25, 0.3) is 21.7 Å². The number of nitrogens with one attached hydrogen (secondary N) is 1. The Bertz CT molecular complexity index is 1550. The summed E-state index contributed by atoms with van der Waals surface area (Å²) in [6.07, 6.45) is 3.74. The van der Waals surface area contributed by atoms with E-state index < -0.39 is 0 Å². The van der Waals surface area contributed by atoms with Crippen LogP contribution in [-0.4, -0.2) is 30.9 Å². The summed E-state index contributed by atoms with van der Waals surface area (Å²) in [5, 5.41) is 7.76. The summed E-state index contributed by atoms with van der Waals surface area (Å²) in [5.74, 6) is 0.671. The van der Waals surface area contributed by atoms with Crippen molar-refractivity contribution in [1.29, 1.82) is 0 Å². The molecule has 5 aromatic rings. The van der Waals surface area contributed by atoms with Crippen LogP contribution in [0.4, 0.5) is 0 Å². The number of hydrogen-bond acceptors (Lipinski definition) is 4. The van der Waals surface area contributed by atoms with Gasteiger partial charge >= 0.3 is 0 Å². The number of nitrogens with zero attached hydrogens (tertiary/aromatic N) is 2. The number of hydrazone groups is 1. The Morgan fingerprint density at radius 1 is 0.914 bits per heavy atom. The van der Waals surface area contributed by atoms with E-state index in [0.717, 1.165) is 23.0 Å². The molecule has 0 atom stereocenters. The number of hydrogen-bond donors (Lipinski definition) is 1. The van der Waals surface area contributed by atoms with Crippen LogP contribution >= 0.6 is 0 Å². The number of fused-ring (bicyclic) bond motifs is 2. The molecule has 0 bridgehead atoms. The van der Waals surface area contributed by atoms with Gasteiger partial charge in [-0.3, -0.25) is 4.79 Å². The Balaban J connectivity index is 1.41. The zero-order chi connectivity index (χ0) is 24.2. The summed E-state index contributed by atoms with van der Waals surface area (Å²) in [4.78, 5) is 12.7. The molecule has 174 valence electrons. The molecule has 0 saturated heterocycles. The Labute approximate surface area is 203 Å². The third-order valence-electron chi connectivity index (χ3n) is 6.06. The van der Waals surface area contributed by atoms with Crippen LogP contribution in [0, 0.1) is 0 Å². The minimum absolute atomic E-state index is 0.361. The number of ether oxygens (including phenoxy) is 2. The monoisotopic (exact) mass is 463 g/mol. The van der Waals surface area contributed by atoms with E-state index >= 15 is 0 Å². The molecule has 0 aliphatic rings. The molecule has 0 spiro atoms. The molecule has 1 amide bonds. The van der Waals surface area contributed by atoms with Crippen molar-refractivity contribution in [2.45, 2.75) is 6.54 Å². The fourth-order valence-electron chi connectivity index (χ4n) is 4.33. The Morgan fingerprint density at radius 2 is 1.69 bits per heavy atom.